The van der Waals surface area contributed by atoms with E-state index in [1.54, 1.807) is 7.11 Å². The molecule has 2 N–H and O–H groups in total. The molecule has 0 spiro atoms. The molecule has 2 rings (SSSR count). The van der Waals surface area contributed by atoms with E-state index in [9.17, 15) is 0 Å². The fourth-order valence-electron chi connectivity index (χ4n) is 1.78. The third kappa shape index (κ3) is 2.86. The lowest BCUT2D eigenvalue weighted by molar-refractivity contribution is 0.415. The van der Waals surface area contributed by atoms with Gasteiger partial charge in [-0.1, -0.05) is 11.6 Å². The van der Waals surface area contributed by atoms with Crippen LogP contribution in [0, 0.1) is 0 Å². The van der Waals surface area contributed by atoms with E-state index < -0.39 is 0 Å². The van der Waals surface area contributed by atoms with Crippen LogP contribution in [0.3, 0.4) is 0 Å². The van der Waals surface area contributed by atoms with Gasteiger partial charge in [0, 0.05) is 18.0 Å². The summed E-state index contributed by atoms with van der Waals surface area (Å²) in [6.07, 6.45) is 0.726. The van der Waals surface area contributed by atoms with Crippen LogP contribution < -0.4 is 10.5 Å². The maximum Gasteiger partial charge on any atom is 0.137 e. The minimum absolute atomic E-state index is 0.0865. The average Bonchev–Trinajstić information content (AvgIpc) is 2.76. The first kappa shape index (κ1) is 13.0. The van der Waals surface area contributed by atoms with Crippen LogP contribution >= 0.6 is 11.6 Å². The van der Waals surface area contributed by atoms with E-state index in [0.717, 1.165) is 23.5 Å². The molecule has 0 amide bonds. The molecule has 0 radical (unpaired) electrons. The predicted molar refractivity (Wildman–Crippen MR) is 73.1 cm³/mol. The smallest absolute Gasteiger partial charge is 0.137 e. The van der Waals surface area contributed by atoms with Crippen molar-refractivity contribution in [2.45, 2.75) is 19.4 Å². The van der Waals surface area contributed by atoms with Crippen molar-refractivity contribution in [1.29, 1.82) is 0 Å². The van der Waals surface area contributed by atoms with E-state index in [-0.39, 0.29) is 6.04 Å². The van der Waals surface area contributed by atoms with E-state index in [1.807, 2.05) is 37.3 Å². The minimum Gasteiger partial charge on any atom is -0.495 e. The number of methoxy groups -OCH3 is 1. The van der Waals surface area contributed by atoms with Crippen LogP contribution in [0.5, 0.6) is 5.75 Å². The van der Waals surface area contributed by atoms with Gasteiger partial charge in [-0.25, -0.2) is 0 Å². The first-order valence-electron chi connectivity index (χ1n) is 5.78. The van der Waals surface area contributed by atoms with Crippen molar-refractivity contribution in [3.63, 3.8) is 0 Å². The van der Waals surface area contributed by atoms with Gasteiger partial charge in [0.1, 0.15) is 17.3 Å². The van der Waals surface area contributed by atoms with Gasteiger partial charge in [-0.3, -0.25) is 0 Å². The SMILES string of the molecule is COc1ccc(-c2ccc(CC(C)N)o2)cc1Cl. The second-order valence-corrected chi connectivity index (χ2v) is 4.70. The fraction of sp³-hybridized carbons (Fsp3) is 0.286. The molecule has 0 aliphatic rings. The molecule has 1 unspecified atom stereocenters. The Morgan fingerprint density at radius 1 is 1.33 bits per heavy atom. The van der Waals surface area contributed by atoms with Crippen LogP contribution in [0.15, 0.2) is 34.7 Å². The van der Waals surface area contributed by atoms with Crippen LogP contribution in [0.1, 0.15) is 12.7 Å². The molecular weight excluding hydrogens is 250 g/mol. The monoisotopic (exact) mass is 265 g/mol. The molecular formula is C14H16ClNO2. The fourth-order valence-corrected chi connectivity index (χ4v) is 2.04. The number of ether oxygens (including phenoxy) is 1. The number of nitrogens with two attached hydrogens (primary N) is 1. The summed E-state index contributed by atoms with van der Waals surface area (Å²) in [5, 5.41) is 0.570. The van der Waals surface area contributed by atoms with E-state index >= 15 is 0 Å². The molecule has 0 saturated heterocycles. The number of benzene rings is 1. The molecule has 0 aliphatic heterocycles. The molecule has 1 heterocycles. The highest BCUT2D eigenvalue weighted by molar-refractivity contribution is 6.32. The molecule has 0 saturated carbocycles. The van der Waals surface area contributed by atoms with E-state index in [4.69, 9.17) is 26.5 Å². The maximum absolute atomic E-state index is 6.08. The zero-order chi connectivity index (χ0) is 13.1. The largest absolute Gasteiger partial charge is 0.495 e. The molecule has 0 bridgehead atoms. The van der Waals surface area contributed by atoms with Crippen molar-refractivity contribution < 1.29 is 9.15 Å². The summed E-state index contributed by atoms with van der Waals surface area (Å²) in [4.78, 5) is 0. The molecule has 3 nitrogen and oxygen atoms in total. The molecule has 18 heavy (non-hydrogen) atoms. The Morgan fingerprint density at radius 3 is 2.72 bits per heavy atom. The Kier molecular flexibility index (Phi) is 3.94. The van der Waals surface area contributed by atoms with Crippen molar-refractivity contribution in [3.8, 4) is 17.1 Å². The molecule has 1 aromatic carbocycles. The second-order valence-electron chi connectivity index (χ2n) is 4.30. The third-order valence-corrected chi connectivity index (χ3v) is 2.92. The summed E-state index contributed by atoms with van der Waals surface area (Å²) in [7, 11) is 1.59. The van der Waals surface area contributed by atoms with Gasteiger partial charge in [0.2, 0.25) is 0 Å². The van der Waals surface area contributed by atoms with Gasteiger partial charge in [0.15, 0.2) is 0 Å². The van der Waals surface area contributed by atoms with Crippen molar-refractivity contribution >= 4 is 11.6 Å². The molecule has 2 aromatic rings. The Morgan fingerprint density at radius 2 is 2.11 bits per heavy atom. The van der Waals surface area contributed by atoms with Crippen LogP contribution in [0.25, 0.3) is 11.3 Å². The number of rotatable bonds is 4. The van der Waals surface area contributed by atoms with Gasteiger partial charge in [-0.05, 0) is 37.3 Å². The summed E-state index contributed by atoms with van der Waals surface area (Å²) in [6, 6.07) is 9.52. The van der Waals surface area contributed by atoms with Crippen LogP contribution in [-0.4, -0.2) is 13.2 Å². The number of hydrogen-bond donors (Lipinski definition) is 1. The number of hydrogen-bond acceptors (Lipinski definition) is 3. The zero-order valence-corrected chi connectivity index (χ0v) is 11.2. The second kappa shape index (κ2) is 5.46. The van der Waals surface area contributed by atoms with Crippen LogP contribution in [-0.2, 0) is 6.42 Å². The Balaban J connectivity index is 2.26. The minimum atomic E-state index is 0.0865. The van der Waals surface area contributed by atoms with Gasteiger partial charge in [-0.2, -0.15) is 0 Å². The van der Waals surface area contributed by atoms with E-state index in [1.165, 1.54) is 0 Å². The molecule has 0 fully saturated rings. The molecule has 4 heteroatoms. The maximum atomic E-state index is 6.08. The van der Waals surface area contributed by atoms with Crippen LogP contribution in [0.4, 0.5) is 0 Å². The molecule has 1 atom stereocenters. The summed E-state index contributed by atoms with van der Waals surface area (Å²) in [6.45, 7) is 1.95. The van der Waals surface area contributed by atoms with Gasteiger partial charge >= 0.3 is 0 Å². The molecule has 0 aliphatic carbocycles. The highest BCUT2D eigenvalue weighted by Crippen LogP contribution is 2.31. The van der Waals surface area contributed by atoms with Crippen molar-refractivity contribution in [2.75, 3.05) is 7.11 Å². The van der Waals surface area contributed by atoms with Gasteiger partial charge in [0.25, 0.3) is 0 Å². The van der Waals surface area contributed by atoms with Crippen molar-refractivity contribution in [1.82, 2.24) is 0 Å². The quantitative estimate of drug-likeness (QED) is 0.920. The lowest BCUT2D eigenvalue weighted by Crippen LogP contribution is -2.17. The number of halogens is 1. The first-order chi connectivity index (χ1) is 8.60. The topological polar surface area (TPSA) is 48.4 Å². The highest BCUT2D eigenvalue weighted by Gasteiger charge is 2.09. The zero-order valence-electron chi connectivity index (χ0n) is 10.4. The first-order valence-corrected chi connectivity index (χ1v) is 6.16. The van der Waals surface area contributed by atoms with Crippen molar-refractivity contribution in [2.24, 2.45) is 5.73 Å². The molecule has 1 aromatic heterocycles. The Hall–Kier alpha value is -1.45. The highest BCUT2D eigenvalue weighted by atomic mass is 35.5. The van der Waals surface area contributed by atoms with E-state index in [2.05, 4.69) is 0 Å². The standard InChI is InChI=1S/C14H16ClNO2/c1-9(16)7-11-4-6-13(18-11)10-3-5-14(17-2)12(15)8-10/h3-6,8-9H,7,16H2,1-2H3. The third-order valence-electron chi connectivity index (χ3n) is 2.62. The normalized spacial score (nSPS) is 12.4. The Labute approximate surface area is 111 Å². The lowest BCUT2D eigenvalue weighted by Gasteiger charge is -2.04. The van der Waals surface area contributed by atoms with Gasteiger partial charge < -0.3 is 14.9 Å². The summed E-state index contributed by atoms with van der Waals surface area (Å²) in [5.74, 6) is 2.32. The summed E-state index contributed by atoms with van der Waals surface area (Å²) < 4.78 is 10.8. The molecule has 96 valence electrons. The van der Waals surface area contributed by atoms with Crippen molar-refractivity contribution in [3.05, 3.63) is 41.1 Å². The Bertz CT molecular complexity index is 534. The number of furan rings is 1. The van der Waals surface area contributed by atoms with E-state index in [0.29, 0.717) is 10.8 Å². The van der Waals surface area contributed by atoms with Crippen LogP contribution in [0.2, 0.25) is 5.02 Å². The van der Waals surface area contributed by atoms with Gasteiger partial charge in [0.05, 0.1) is 12.1 Å². The predicted octanol–water partition coefficient (Wildman–Crippen LogP) is 3.50. The summed E-state index contributed by atoms with van der Waals surface area (Å²) >= 11 is 6.08. The summed E-state index contributed by atoms with van der Waals surface area (Å²) in [5.41, 5.74) is 6.66. The van der Waals surface area contributed by atoms with Gasteiger partial charge in [-0.15, -0.1) is 0 Å². The average molecular weight is 266 g/mol. The lowest BCUT2D eigenvalue weighted by atomic mass is 10.1.